The van der Waals surface area contributed by atoms with E-state index in [1.165, 1.54) is 23.1 Å². The van der Waals surface area contributed by atoms with E-state index < -0.39 is 10.8 Å². The van der Waals surface area contributed by atoms with Crippen LogP contribution in [0.2, 0.25) is 0 Å². The van der Waals surface area contributed by atoms with Gasteiger partial charge in [0.1, 0.15) is 11.3 Å². The number of nitro groups is 1. The molecule has 0 saturated carbocycles. The first-order chi connectivity index (χ1) is 9.02. The Labute approximate surface area is 110 Å². The predicted molar refractivity (Wildman–Crippen MR) is 69.3 cm³/mol. The summed E-state index contributed by atoms with van der Waals surface area (Å²) in [7, 11) is 0. The predicted octanol–water partition coefficient (Wildman–Crippen LogP) is 1.55. The van der Waals surface area contributed by atoms with Crippen LogP contribution in [0.15, 0.2) is 18.2 Å². The van der Waals surface area contributed by atoms with Gasteiger partial charge < -0.3 is 10.6 Å². The number of anilines is 1. The zero-order valence-electron chi connectivity index (χ0n) is 10.5. The maximum Gasteiger partial charge on any atom is 0.304 e. The summed E-state index contributed by atoms with van der Waals surface area (Å²) in [6, 6.07) is 6.17. The van der Waals surface area contributed by atoms with Gasteiger partial charge in [0.05, 0.1) is 17.4 Å². The molecule has 7 nitrogen and oxygen atoms in total. The highest BCUT2D eigenvalue weighted by Crippen LogP contribution is 2.27. The van der Waals surface area contributed by atoms with Crippen molar-refractivity contribution in [2.75, 3.05) is 18.8 Å². The lowest BCUT2D eigenvalue weighted by molar-refractivity contribution is -0.384. The molecule has 0 radical (unpaired) electrons. The normalized spacial score (nSPS) is 9.68. The van der Waals surface area contributed by atoms with Crippen molar-refractivity contribution >= 4 is 17.3 Å². The van der Waals surface area contributed by atoms with Crippen LogP contribution in [0.4, 0.5) is 11.4 Å². The fourth-order valence-corrected chi connectivity index (χ4v) is 1.70. The Hall–Kier alpha value is -2.62. The molecule has 0 aliphatic carbocycles. The number of nitrogens with two attached hydrogens (primary N) is 1. The molecule has 0 atom stereocenters. The van der Waals surface area contributed by atoms with E-state index in [-0.39, 0.29) is 29.9 Å². The van der Waals surface area contributed by atoms with Gasteiger partial charge in [0.15, 0.2) is 0 Å². The molecule has 0 spiro atoms. The Kier molecular flexibility index (Phi) is 4.83. The second kappa shape index (κ2) is 6.35. The van der Waals surface area contributed by atoms with Crippen molar-refractivity contribution in [1.82, 2.24) is 4.90 Å². The average molecular weight is 262 g/mol. The number of para-hydroxylation sites is 1. The summed E-state index contributed by atoms with van der Waals surface area (Å²) in [6.45, 7) is 2.34. The van der Waals surface area contributed by atoms with Gasteiger partial charge in [0.25, 0.3) is 5.91 Å². The van der Waals surface area contributed by atoms with E-state index in [0.29, 0.717) is 6.54 Å². The maximum atomic E-state index is 12.2. The summed E-state index contributed by atoms with van der Waals surface area (Å²) in [5, 5.41) is 19.5. The van der Waals surface area contributed by atoms with Gasteiger partial charge in [-0.2, -0.15) is 5.26 Å². The third-order valence-corrected chi connectivity index (χ3v) is 2.64. The summed E-state index contributed by atoms with van der Waals surface area (Å²) in [6.07, 6.45) is 0.176. The van der Waals surface area contributed by atoms with E-state index in [1.807, 2.05) is 6.07 Å². The number of nitro benzene ring substituents is 1. The van der Waals surface area contributed by atoms with Crippen molar-refractivity contribution in [3.63, 3.8) is 0 Å². The van der Waals surface area contributed by atoms with Crippen LogP contribution in [0, 0.1) is 21.4 Å². The number of carbonyl (C=O) groups excluding carboxylic acids is 1. The first-order valence-electron chi connectivity index (χ1n) is 5.72. The largest absolute Gasteiger partial charge is 0.393 e. The smallest absolute Gasteiger partial charge is 0.304 e. The maximum absolute atomic E-state index is 12.2. The van der Waals surface area contributed by atoms with E-state index in [2.05, 4.69) is 0 Å². The Bertz CT molecular complexity index is 536. The molecular weight excluding hydrogens is 248 g/mol. The fraction of sp³-hybridized carbons (Fsp3) is 0.333. The van der Waals surface area contributed by atoms with E-state index in [9.17, 15) is 14.9 Å². The van der Waals surface area contributed by atoms with Gasteiger partial charge >= 0.3 is 5.69 Å². The molecule has 0 aromatic heterocycles. The van der Waals surface area contributed by atoms with Crippen molar-refractivity contribution in [3.8, 4) is 6.07 Å². The van der Waals surface area contributed by atoms with Gasteiger partial charge in [0.2, 0.25) is 0 Å². The molecule has 1 aromatic carbocycles. The van der Waals surface area contributed by atoms with Gasteiger partial charge in [-0.15, -0.1) is 0 Å². The monoisotopic (exact) mass is 262 g/mol. The molecule has 0 aliphatic heterocycles. The number of carbonyl (C=O) groups is 1. The van der Waals surface area contributed by atoms with Crippen molar-refractivity contribution in [3.05, 3.63) is 33.9 Å². The number of benzene rings is 1. The molecule has 1 aromatic rings. The highest BCUT2D eigenvalue weighted by molar-refractivity contribution is 6.00. The van der Waals surface area contributed by atoms with Crippen LogP contribution >= 0.6 is 0 Å². The van der Waals surface area contributed by atoms with Gasteiger partial charge in [-0.25, -0.2) is 0 Å². The molecule has 100 valence electrons. The number of nitrogen functional groups attached to an aromatic ring is 1. The van der Waals surface area contributed by atoms with Gasteiger partial charge in [-0.3, -0.25) is 14.9 Å². The first kappa shape index (κ1) is 14.4. The third kappa shape index (κ3) is 3.19. The number of amides is 1. The molecule has 1 rings (SSSR count). The Morgan fingerprint density at radius 3 is 2.79 bits per heavy atom. The van der Waals surface area contributed by atoms with Gasteiger partial charge in [0, 0.05) is 13.1 Å². The number of rotatable bonds is 5. The number of nitriles is 1. The van der Waals surface area contributed by atoms with Crippen LogP contribution in [0.25, 0.3) is 0 Å². The lowest BCUT2D eigenvalue weighted by Crippen LogP contribution is -2.32. The minimum absolute atomic E-state index is 0.0489. The second-order valence-corrected chi connectivity index (χ2v) is 3.79. The molecule has 0 fully saturated rings. The summed E-state index contributed by atoms with van der Waals surface area (Å²) >= 11 is 0. The highest BCUT2D eigenvalue weighted by atomic mass is 16.6. The Balaban J connectivity index is 3.15. The van der Waals surface area contributed by atoms with Crippen molar-refractivity contribution in [2.45, 2.75) is 13.3 Å². The topological polar surface area (TPSA) is 113 Å². The lowest BCUT2D eigenvalue weighted by Gasteiger charge is -2.19. The molecular formula is C12H14N4O3. The highest BCUT2D eigenvalue weighted by Gasteiger charge is 2.25. The van der Waals surface area contributed by atoms with Crippen LogP contribution in [0.1, 0.15) is 23.7 Å². The van der Waals surface area contributed by atoms with Gasteiger partial charge in [-0.05, 0) is 19.1 Å². The standard InChI is InChI=1S/C12H14N4O3/c1-2-15(8-4-7-13)12(17)9-5-3-6-10(14)11(9)16(18)19/h3,5-6H,2,4,8,14H2,1H3. The Morgan fingerprint density at radius 1 is 1.58 bits per heavy atom. The summed E-state index contributed by atoms with van der Waals surface area (Å²) in [5.74, 6) is -0.489. The Morgan fingerprint density at radius 2 is 2.26 bits per heavy atom. The zero-order chi connectivity index (χ0) is 14.4. The summed E-state index contributed by atoms with van der Waals surface area (Å²) < 4.78 is 0. The van der Waals surface area contributed by atoms with E-state index in [4.69, 9.17) is 11.0 Å². The summed E-state index contributed by atoms with van der Waals surface area (Å²) in [4.78, 5) is 23.9. The third-order valence-electron chi connectivity index (χ3n) is 2.64. The van der Waals surface area contributed by atoms with E-state index in [0.717, 1.165) is 0 Å². The molecule has 2 N–H and O–H groups in total. The van der Waals surface area contributed by atoms with Crippen LogP contribution < -0.4 is 5.73 Å². The van der Waals surface area contributed by atoms with Crippen molar-refractivity contribution in [2.24, 2.45) is 0 Å². The molecule has 0 heterocycles. The van der Waals surface area contributed by atoms with Crippen LogP contribution in [-0.4, -0.2) is 28.8 Å². The van der Waals surface area contributed by atoms with Crippen LogP contribution in [-0.2, 0) is 0 Å². The first-order valence-corrected chi connectivity index (χ1v) is 5.72. The number of nitrogens with zero attached hydrogens (tertiary/aromatic N) is 3. The minimum Gasteiger partial charge on any atom is -0.393 e. The van der Waals surface area contributed by atoms with E-state index in [1.54, 1.807) is 6.92 Å². The zero-order valence-corrected chi connectivity index (χ0v) is 10.5. The quantitative estimate of drug-likeness (QED) is 0.491. The van der Waals surface area contributed by atoms with Crippen molar-refractivity contribution < 1.29 is 9.72 Å². The number of hydrogen-bond donors (Lipinski definition) is 1. The molecule has 0 unspecified atom stereocenters. The number of hydrogen-bond acceptors (Lipinski definition) is 5. The van der Waals surface area contributed by atoms with Gasteiger partial charge in [-0.1, -0.05) is 6.07 Å². The van der Waals surface area contributed by atoms with Crippen LogP contribution in [0.3, 0.4) is 0 Å². The van der Waals surface area contributed by atoms with E-state index >= 15 is 0 Å². The van der Waals surface area contributed by atoms with Crippen LogP contribution in [0.5, 0.6) is 0 Å². The molecule has 7 heteroatoms. The molecule has 0 saturated heterocycles. The molecule has 1 amide bonds. The summed E-state index contributed by atoms with van der Waals surface area (Å²) in [5.41, 5.74) is 5.05. The lowest BCUT2D eigenvalue weighted by atomic mass is 10.1. The minimum atomic E-state index is -0.666. The van der Waals surface area contributed by atoms with Crippen molar-refractivity contribution in [1.29, 1.82) is 5.26 Å². The molecule has 19 heavy (non-hydrogen) atoms. The SMILES string of the molecule is CCN(CCC#N)C(=O)c1cccc(N)c1[N+](=O)[O-]. The second-order valence-electron chi connectivity index (χ2n) is 3.79. The average Bonchev–Trinajstić information content (AvgIpc) is 2.38. The molecule has 0 aliphatic rings. The fourth-order valence-electron chi connectivity index (χ4n) is 1.70. The molecule has 0 bridgehead atoms.